The van der Waals surface area contributed by atoms with E-state index in [9.17, 15) is 14.9 Å². The Bertz CT molecular complexity index is 1140. The fourth-order valence-electron chi connectivity index (χ4n) is 3.85. The van der Waals surface area contributed by atoms with Crippen molar-refractivity contribution >= 4 is 23.6 Å². The molecule has 4 rings (SSSR count). The molecule has 2 aromatic rings. The maximum Gasteiger partial charge on any atom is 0.328 e. The molecule has 0 bridgehead atoms. The van der Waals surface area contributed by atoms with Gasteiger partial charge in [-0.1, -0.05) is 6.07 Å². The number of pyridine rings is 2. The van der Waals surface area contributed by atoms with Gasteiger partial charge in [-0.05, 0) is 31.9 Å². The lowest BCUT2D eigenvalue weighted by molar-refractivity contribution is -0.128. The summed E-state index contributed by atoms with van der Waals surface area (Å²) in [6.07, 6.45) is 1.94. The van der Waals surface area contributed by atoms with E-state index in [0.29, 0.717) is 50.0 Å². The number of nitriles is 1. The van der Waals surface area contributed by atoms with Gasteiger partial charge in [0.1, 0.15) is 34.7 Å². The normalized spacial score (nSPS) is 16.0. The van der Waals surface area contributed by atoms with Gasteiger partial charge in [0.25, 0.3) is 0 Å². The molecule has 3 amide bonds. The van der Waals surface area contributed by atoms with Crippen molar-refractivity contribution in [2.24, 2.45) is 0 Å². The number of nitrogens with one attached hydrogen (secondary N) is 1. The Morgan fingerprint density at radius 1 is 1.37 bits per heavy atom. The number of hydrogen-bond donors (Lipinski definition) is 1. The largest absolute Gasteiger partial charge is 0.489 e. The molecule has 184 valence electrons. The zero-order chi connectivity index (χ0) is 24.9. The first kappa shape index (κ1) is 24.4. The highest BCUT2D eigenvalue weighted by molar-refractivity contribution is 6.00. The van der Waals surface area contributed by atoms with Crippen LogP contribution < -0.4 is 15.0 Å². The Hall–Kier alpha value is -3.75. The average molecular weight is 481 g/mol. The van der Waals surface area contributed by atoms with E-state index < -0.39 is 12.3 Å². The lowest BCUT2D eigenvalue weighted by Crippen LogP contribution is -2.33. The van der Waals surface area contributed by atoms with Crippen LogP contribution in [-0.4, -0.2) is 59.7 Å². The first-order valence-electron chi connectivity index (χ1n) is 11.5. The number of rotatable bonds is 7. The number of hydrogen-bond acceptors (Lipinski definition) is 8. The van der Waals surface area contributed by atoms with E-state index in [1.165, 1.54) is 17.2 Å². The first-order valence-corrected chi connectivity index (χ1v) is 11.5. The topological polar surface area (TPSA) is 130 Å². The van der Waals surface area contributed by atoms with Crippen molar-refractivity contribution in [1.82, 2.24) is 14.9 Å². The Morgan fingerprint density at radius 2 is 2.14 bits per heavy atom. The van der Waals surface area contributed by atoms with Crippen LogP contribution in [0.5, 0.6) is 5.75 Å². The molecule has 2 fully saturated rings. The quantitative estimate of drug-likeness (QED) is 0.640. The second kappa shape index (κ2) is 10.7. The Morgan fingerprint density at radius 3 is 2.80 bits per heavy atom. The molecule has 35 heavy (non-hydrogen) atoms. The number of urea groups is 1. The van der Waals surface area contributed by atoms with Crippen molar-refractivity contribution in [2.75, 3.05) is 37.0 Å². The second-order valence-electron chi connectivity index (χ2n) is 8.54. The van der Waals surface area contributed by atoms with E-state index in [1.54, 1.807) is 18.0 Å². The van der Waals surface area contributed by atoms with Crippen molar-refractivity contribution in [3.8, 4) is 11.8 Å². The van der Waals surface area contributed by atoms with Crippen molar-refractivity contribution in [3.63, 3.8) is 0 Å². The van der Waals surface area contributed by atoms with Gasteiger partial charge in [0.15, 0.2) is 0 Å². The molecule has 2 aromatic heterocycles. The van der Waals surface area contributed by atoms with Crippen LogP contribution in [-0.2, 0) is 20.8 Å². The molecule has 2 saturated heterocycles. The predicted molar refractivity (Wildman–Crippen MR) is 126 cm³/mol. The fourth-order valence-corrected chi connectivity index (χ4v) is 3.85. The van der Waals surface area contributed by atoms with E-state index >= 15 is 0 Å². The van der Waals surface area contributed by atoms with Gasteiger partial charge in [-0.25, -0.2) is 14.8 Å². The van der Waals surface area contributed by atoms with Gasteiger partial charge < -0.3 is 19.1 Å². The number of aromatic nitrogens is 2. The van der Waals surface area contributed by atoms with Gasteiger partial charge >= 0.3 is 6.03 Å². The summed E-state index contributed by atoms with van der Waals surface area (Å²) >= 11 is 0. The van der Waals surface area contributed by atoms with Crippen LogP contribution in [0.25, 0.3) is 0 Å². The maximum absolute atomic E-state index is 13.0. The highest BCUT2D eigenvalue weighted by Crippen LogP contribution is 2.29. The van der Waals surface area contributed by atoms with Gasteiger partial charge in [0, 0.05) is 32.6 Å². The van der Waals surface area contributed by atoms with E-state index in [-0.39, 0.29) is 23.4 Å². The summed E-state index contributed by atoms with van der Waals surface area (Å²) in [7, 11) is 1.58. The zero-order valence-corrected chi connectivity index (χ0v) is 20.0. The molecule has 4 heterocycles. The van der Waals surface area contributed by atoms with E-state index in [0.717, 1.165) is 12.0 Å². The van der Waals surface area contributed by atoms with Crippen LogP contribution in [0.2, 0.25) is 0 Å². The monoisotopic (exact) mass is 480 g/mol. The third-order valence-electron chi connectivity index (χ3n) is 5.61. The van der Waals surface area contributed by atoms with Crippen LogP contribution >= 0.6 is 0 Å². The van der Waals surface area contributed by atoms with Gasteiger partial charge in [0.2, 0.25) is 12.2 Å². The van der Waals surface area contributed by atoms with Crippen molar-refractivity contribution in [1.29, 1.82) is 5.26 Å². The average Bonchev–Trinajstić information content (AvgIpc) is 3.51. The van der Waals surface area contributed by atoms with Crippen LogP contribution in [0.1, 0.15) is 49.8 Å². The van der Waals surface area contributed by atoms with Crippen LogP contribution in [0.4, 0.5) is 16.4 Å². The molecular weight excluding hydrogens is 452 g/mol. The lowest BCUT2D eigenvalue weighted by atomic mass is 10.1. The number of carbonyl (C=O) groups is 2. The minimum Gasteiger partial charge on any atom is -0.489 e. The summed E-state index contributed by atoms with van der Waals surface area (Å²) in [6.45, 7) is 5.69. The molecule has 11 heteroatoms. The van der Waals surface area contributed by atoms with Crippen LogP contribution in [0, 0.1) is 11.3 Å². The summed E-state index contributed by atoms with van der Waals surface area (Å²) in [5, 5.41) is 12.0. The summed E-state index contributed by atoms with van der Waals surface area (Å²) in [4.78, 5) is 37.0. The first-order chi connectivity index (χ1) is 16.9. The molecule has 1 N–H and O–H groups in total. The molecule has 0 aliphatic carbocycles. The second-order valence-corrected chi connectivity index (χ2v) is 8.54. The number of carbonyl (C=O) groups excluding carboxylic acids is 2. The third-order valence-corrected chi connectivity index (χ3v) is 5.61. The van der Waals surface area contributed by atoms with Crippen LogP contribution in [0.15, 0.2) is 24.4 Å². The highest BCUT2D eigenvalue weighted by atomic mass is 16.7. The minimum atomic E-state index is -0.657. The molecule has 0 radical (unpaired) electrons. The molecule has 0 atom stereocenters. The fraction of sp³-hybridized carbons (Fsp3) is 0.458. The Kier molecular flexibility index (Phi) is 7.43. The zero-order valence-electron chi connectivity index (χ0n) is 20.0. The standard InChI is InChI=1S/C24H28N6O5/c1-15(2)35-18-11-19(26-13-17(18)12-25)27-24(32)29(3)20-7-6-16(14-30-8-4-5-21(30)31)22(28-20)23-33-9-10-34-23/h6-7,11,13,15,23H,4-5,8-10,14H2,1-3H3,(H,26,27,32). The van der Waals surface area contributed by atoms with Crippen molar-refractivity contribution in [3.05, 3.63) is 41.2 Å². The maximum atomic E-state index is 13.0. The molecule has 0 spiro atoms. The van der Waals surface area contributed by atoms with Crippen molar-refractivity contribution in [2.45, 2.75) is 45.6 Å². The van der Waals surface area contributed by atoms with Gasteiger partial charge in [-0.3, -0.25) is 15.0 Å². The molecule has 11 nitrogen and oxygen atoms in total. The van der Waals surface area contributed by atoms with E-state index in [1.807, 2.05) is 26.0 Å². The summed E-state index contributed by atoms with van der Waals surface area (Å²) < 4.78 is 17.0. The summed E-state index contributed by atoms with van der Waals surface area (Å²) in [5.41, 5.74) is 1.64. The van der Waals surface area contributed by atoms with Gasteiger partial charge in [0.05, 0.1) is 25.5 Å². The van der Waals surface area contributed by atoms with Gasteiger partial charge in [-0.15, -0.1) is 0 Å². The summed E-state index contributed by atoms with van der Waals surface area (Å²) in [5.74, 6) is 1.07. The van der Waals surface area contributed by atoms with E-state index in [2.05, 4.69) is 15.3 Å². The van der Waals surface area contributed by atoms with Crippen molar-refractivity contribution < 1.29 is 23.8 Å². The molecular formula is C24H28N6O5. The highest BCUT2D eigenvalue weighted by Gasteiger charge is 2.28. The number of nitrogens with zero attached hydrogens (tertiary/aromatic N) is 5. The smallest absolute Gasteiger partial charge is 0.328 e. The SMILES string of the molecule is CC(C)Oc1cc(NC(=O)N(C)c2ccc(CN3CCCC3=O)c(C3OCCO3)n2)ncc1C#N. The number of amides is 3. The Labute approximate surface area is 203 Å². The molecule has 0 saturated carbocycles. The number of ether oxygens (including phenoxy) is 3. The molecule has 2 aliphatic heterocycles. The number of anilines is 2. The Balaban J connectivity index is 1.54. The predicted octanol–water partition coefficient (Wildman–Crippen LogP) is 2.97. The van der Waals surface area contributed by atoms with Gasteiger partial charge in [-0.2, -0.15) is 5.26 Å². The lowest BCUT2D eigenvalue weighted by Gasteiger charge is -2.23. The van der Waals surface area contributed by atoms with E-state index in [4.69, 9.17) is 14.2 Å². The van der Waals surface area contributed by atoms with Crippen LogP contribution in [0.3, 0.4) is 0 Å². The number of likely N-dealkylation sites (tertiary alicyclic amines) is 1. The molecule has 0 unspecified atom stereocenters. The molecule has 0 aromatic carbocycles. The molecule has 2 aliphatic rings. The third kappa shape index (κ3) is 5.67. The summed E-state index contributed by atoms with van der Waals surface area (Å²) in [6, 6.07) is 6.62. The minimum absolute atomic E-state index is 0.112.